The van der Waals surface area contributed by atoms with Crippen LogP contribution in [0.25, 0.3) is 0 Å². The first-order valence-electron chi connectivity index (χ1n) is 12.5. The first-order chi connectivity index (χ1) is 19.4. The summed E-state index contributed by atoms with van der Waals surface area (Å²) < 4.78 is 42.5. The first kappa shape index (κ1) is 35.5. The molecule has 0 amide bonds. The van der Waals surface area contributed by atoms with E-state index in [1.807, 2.05) is 0 Å². The average molecular weight is 640 g/mol. The number of carboxylic acids is 1. The van der Waals surface area contributed by atoms with Gasteiger partial charge in [-0.05, 0) is 0 Å². The third-order valence-electron chi connectivity index (χ3n) is 7.10. The lowest BCUT2D eigenvalue weighted by atomic mass is 9.92. The molecule has 22 heteroatoms. The quantitative estimate of drug-likeness (QED) is 0.0932. The summed E-state index contributed by atoms with van der Waals surface area (Å²) in [4.78, 5) is 30.7. The van der Waals surface area contributed by atoms with Gasteiger partial charge in [0.15, 0.2) is 12.6 Å². The van der Waals surface area contributed by atoms with E-state index in [1.165, 1.54) is 0 Å². The number of hydrogen-bond acceptors (Lipinski definition) is 18. The van der Waals surface area contributed by atoms with Crippen molar-refractivity contribution in [1.29, 1.82) is 0 Å². The van der Waals surface area contributed by atoms with Gasteiger partial charge in [0.25, 0.3) is 5.79 Å². The Bertz CT molecular complexity index is 960. The molecule has 42 heavy (non-hydrogen) atoms. The van der Waals surface area contributed by atoms with Crippen LogP contribution in [0.5, 0.6) is 0 Å². The van der Waals surface area contributed by atoms with Crippen molar-refractivity contribution in [1.82, 2.24) is 0 Å². The molecule has 0 aliphatic carbocycles. The molecule has 21 nitrogen and oxygen atoms in total. The van der Waals surface area contributed by atoms with E-state index in [2.05, 4.69) is 4.52 Å². The van der Waals surface area contributed by atoms with Gasteiger partial charge in [-0.25, -0.2) is 9.36 Å². The number of phosphoric ester groups is 1. The summed E-state index contributed by atoms with van der Waals surface area (Å²) in [6, 6.07) is -2.76. The Hall–Kier alpha value is -1.02. The van der Waals surface area contributed by atoms with Crippen LogP contribution in [-0.2, 0) is 37.6 Å². The number of rotatable bonds is 11. The molecule has 3 fully saturated rings. The molecule has 3 heterocycles. The Morgan fingerprint density at radius 2 is 1.50 bits per heavy atom. The molecule has 3 aliphatic heterocycles. The number of phosphoric acid groups is 1. The lowest BCUT2D eigenvalue weighted by molar-refractivity contribution is -0.339. The number of aliphatic hydroxyl groups is 8. The topological polar surface area (TPSA) is 364 Å². The average Bonchev–Trinajstić information content (AvgIpc) is 2.92. The largest absolute Gasteiger partial charge is 0.477 e. The van der Waals surface area contributed by atoms with E-state index in [0.29, 0.717) is 0 Å². The summed E-state index contributed by atoms with van der Waals surface area (Å²) in [5.74, 6) is -4.84. The fourth-order valence-electron chi connectivity index (χ4n) is 4.66. The van der Waals surface area contributed by atoms with Gasteiger partial charge in [0.05, 0.1) is 31.9 Å². The maximum Gasteiger partial charge on any atom is 0.469 e. The fourth-order valence-corrected chi connectivity index (χ4v) is 5.22. The summed E-state index contributed by atoms with van der Waals surface area (Å²) in [6.45, 7) is -2.60. The molecule has 0 aromatic carbocycles. The van der Waals surface area contributed by atoms with Gasteiger partial charge in [0.2, 0.25) is 0 Å². The molecule has 0 unspecified atom stereocenters. The van der Waals surface area contributed by atoms with Gasteiger partial charge >= 0.3 is 13.8 Å². The lowest BCUT2D eigenvalue weighted by Gasteiger charge is -2.46. The van der Waals surface area contributed by atoms with Crippen molar-refractivity contribution in [2.24, 2.45) is 11.5 Å². The molecule has 3 saturated heterocycles. The molecule has 0 aromatic heterocycles. The van der Waals surface area contributed by atoms with Gasteiger partial charge in [0.1, 0.15) is 61.0 Å². The SMILES string of the molecule is N[C@@H]1[C@@H](O)[C@H](O)[C@@H](CO[C@@H]2O[C@H](CO[C@]3(C(=O)O)C[C@@H](OP(=O)(O)O)[C@@H](O)[C@@H]([C@H](O)CO)O3)[C@@H](O)[C@H](O)[C@H]2N)O[C@@H]1O. The van der Waals surface area contributed by atoms with Crippen molar-refractivity contribution >= 4 is 13.8 Å². The fraction of sp³-hybridized carbons (Fsp3) is 0.950. The third kappa shape index (κ3) is 7.79. The molecule has 3 rings (SSSR count). The van der Waals surface area contributed by atoms with Gasteiger partial charge in [-0.15, -0.1) is 0 Å². The monoisotopic (exact) mass is 640 g/mol. The van der Waals surface area contributed by atoms with Crippen LogP contribution in [0.15, 0.2) is 0 Å². The van der Waals surface area contributed by atoms with Gasteiger partial charge in [-0.1, -0.05) is 0 Å². The molecule has 0 radical (unpaired) electrons. The lowest BCUT2D eigenvalue weighted by Crippen LogP contribution is -2.66. The minimum Gasteiger partial charge on any atom is -0.477 e. The van der Waals surface area contributed by atoms with Crippen molar-refractivity contribution in [3.05, 3.63) is 0 Å². The van der Waals surface area contributed by atoms with E-state index in [1.54, 1.807) is 0 Å². The van der Waals surface area contributed by atoms with Gasteiger partial charge < -0.3 is 90.9 Å². The molecule has 246 valence electrons. The van der Waals surface area contributed by atoms with Crippen LogP contribution in [0.3, 0.4) is 0 Å². The van der Waals surface area contributed by atoms with Gasteiger partial charge in [0, 0.05) is 6.42 Å². The summed E-state index contributed by atoms with van der Waals surface area (Å²) in [5, 5.41) is 90.5. The van der Waals surface area contributed by atoms with Crippen LogP contribution >= 0.6 is 7.82 Å². The number of hydrogen-bond donors (Lipinski definition) is 13. The Balaban J connectivity index is 1.75. The number of aliphatic hydroxyl groups excluding tert-OH is 8. The zero-order valence-electron chi connectivity index (χ0n) is 21.7. The second kappa shape index (κ2) is 14.0. The van der Waals surface area contributed by atoms with Gasteiger partial charge in [-0.3, -0.25) is 4.52 Å². The maximum atomic E-state index is 12.3. The second-order valence-corrected chi connectivity index (χ2v) is 11.3. The van der Waals surface area contributed by atoms with Crippen molar-refractivity contribution in [2.45, 2.75) is 97.9 Å². The zero-order chi connectivity index (χ0) is 31.7. The van der Waals surface area contributed by atoms with E-state index >= 15 is 0 Å². The van der Waals surface area contributed by atoms with E-state index in [-0.39, 0.29) is 0 Å². The van der Waals surface area contributed by atoms with Gasteiger partial charge in [-0.2, -0.15) is 0 Å². The van der Waals surface area contributed by atoms with Crippen molar-refractivity contribution in [2.75, 3.05) is 19.8 Å². The number of carbonyl (C=O) groups is 1. The highest BCUT2D eigenvalue weighted by molar-refractivity contribution is 7.46. The predicted molar refractivity (Wildman–Crippen MR) is 127 cm³/mol. The molecule has 15 atom stereocenters. The summed E-state index contributed by atoms with van der Waals surface area (Å²) in [6.07, 6.45) is -22.1. The third-order valence-corrected chi connectivity index (χ3v) is 7.65. The molecule has 0 bridgehead atoms. The van der Waals surface area contributed by atoms with Crippen LogP contribution < -0.4 is 11.5 Å². The Kier molecular flexibility index (Phi) is 11.8. The number of ether oxygens (including phenoxy) is 5. The normalized spacial score (nSPS) is 45.9. The maximum absolute atomic E-state index is 12.3. The van der Waals surface area contributed by atoms with Crippen molar-refractivity contribution in [3.8, 4) is 0 Å². The highest BCUT2D eigenvalue weighted by Crippen LogP contribution is 2.44. The van der Waals surface area contributed by atoms with Crippen LogP contribution in [0, 0.1) is 0 Å². The van der Waals surface area contributed by atoms with Crippen LogP contribution in [-0.4, -0.2) is 173 Å². The second-order valence-electron chi connectivity index (χ2n) is 10.1. The Morgan fingerprint density at radius 3 is 2.05 bits per heavy atom. The molecule has 3 aliphatic rings. The van der Waals surface area contributed by atoms with E-state index < -0.39 is 132 Å². The minimum atomic E-state index is -5.34. The smallest absolute Gasteiger partial charge is 0.469 e. The number of carboxylic acid groups (broad SMARTS) is 1. The number of nitrogens with two attached hydrogens (primary N) is 2. The molecular weight excluding hydrogens is 603 g/mol. The Labute approximate surface area is 236 Å². The summed E-state index contributed by atoms with van der Waals surface area (Å²) in [7, 11) is -5.34. The zero-order valence-corrected chi connectivity index (χ0v) is 22.6. The molecule has 15 N–H and O–H groups in total. The first-order valence-corrected chi connectivity index (χ1v) is 14.1. The van der Waals surface area contributed by atoms with E-state index in [4.69, 9.17) is 35.2 Å². The Morgan fingerprint density at radius 1 is 0.929 bits per heavy atom. The summed E-state index contributed by atoms with van der Waals surface area (Å²) >= 11 is 0. The number of aliphatic carboxylic acids is 1. The van der Waals surface area contributed by atoms with Crippen molar-refractivity contribution in [3.63, 3.8) is 0 Å². The molecule has 0 aromatic rings. The minimum absolute atomic E-state index is 0.584. The molecular formula is C20H37N2O19P. The van der Waals surface area contributed by atoms with Crippen LogP contribution in [0.2, 0.25) is 0 Å². The van der Waals surface area contributed by atoms with Crippen LogP contribution in [0.1, 0.15) is 6.42 Å². The van der Waals surface area contributed by atoms with E-state index in [0.717, 1.165) is 0 Å². The highest BCUT2D eigenvalue weighted by atomic mass is 31.2. The summed E-state index contributed by atoms with van der Waals surface area (Å²) in [5.41, 5.74) is 11.4. The van der Waals surface area contributed by atoms with E-state index in [9.17, 15) is 65.1 Å². The standard InChI is InChI=1S/C20H37N2O19P/c21-9-14(28)11(25)7(38-17(9)30)3-36-18-10(22)15(29)12(26)8(39-18)4-37-20(19(31)32)1-6(41-42(33,34)35)13(27)16(40-20)5(24)2-23/h5-18,23-30H,1-4,21-22H2,(H,31,32)(H2,33,34,35)/t5-,6-,7-,8-,9-,10-,11-,12-,13-,14-,15-,16-,17+,18-,20-/m1/s1. The molecule has 0 spiro atoms. The highest BCUT2D eigenvalue weighted by Gasteiger charge is 2.57. The molecule has 0 saturated carbocycles. The van der Waals surface area contributed by atoms with Crippen LogP contribution in [0.4, 0.5) is 0 Å². The predicted octanol–water partition coefficient (Wildman–Crippen LogP) is -7.68. The van der Waals surface area contributed by atoms with Crippen molar-refractivity contribution < 1.29 is 93.3 Å².